The number of piperidine rings is 1. The van der Waals surface area contributed by atoms with Crippen molar-refractivity contribution < 1.29 is 14.4 Å². The molecule has 2 aliphatic carbocycles. The van der Waals surface area contributed by atoms with Gasteiger partial charge in [0.2, 0.25) is 17.7 Å². The molecule has 3 amide bonds. The van der Waals surface area contributed by atoms with E-state index in [1.54, 1.807) is 0 Å². The van der Waals surface area contributed by atoms with Crippen molar-refractivity contribution >= 4 is 17.7 Å². The van der Waals surface area contributed by atoms with Crippen molar-refractivity contribution in [1.82, 2.24) is 9.80 Å². The van der Waals surface area contributed by atoms with E-state index in [4.69, 9.17) is 0 Å². The van der Waals surface area contributed by atoms with Crippen molar-refractivity contribution in [3.8, 4) is 0 Å². The molecule has 5 atom stereocenters. The SMILES string of the molecule is O=C([C@@H](Cc1ccccc1)N1C(=O)[C@@H]2[C@H]3CC[C@@H](C3)[C@@H]2C1=O)N1CCCCC1. The van der Waals surface area contributed by atoms with Gasteiger partial charge in [0.05, 0.1) is 11.8 Å². The lowest BCUT2D eigenvalue weighted by Crippen LogP contribution is -2.53. The summed E-state index contributed by atoms with van der Waals surface area (Å²) in [5, 5.41) is 0. The molecule has 1 aromatic rings. The number of hydrogen-bond acceptors (Lipinski definition) is 3. The molecule has 0 spiro atoms. The van der Waals surface area contributed by atoms with E-state index < -0.39 is 6.04 Å². The number of hydrogen-bond donors (Lipinski definition) is 0. The highest BCUT2D eigenvalue weighted by Gasteiger charge is 2.62. The van der Waals surface area contributed by atoms with E-state index in [1.165, 1.54) is 4.90 Å². The summed E-state index contributed by atoms with van der Waals surface area (Å²) in [6, 6.07) is 9.10. The van der Waals surface area contributed by atoms with Gasteiger partial charge in [-0.25, -0.2) is 0 Å². The Bertz CT molecular complexity index is 758. The number of rotatable bonds is 4. The lowest BCUT2D eigenvalue weighted by Gasteiger charge is -2.34. The van der Waals surface area contributed by atoms with Crippen molar-refractivity contribution in [2.24, 2.45) is 23.7 Å². The average Bonchev–Trinajstić information content (AvgIpc) is 3.41. The Morgan fingerprint density at radius 3 is 2.14 bits per heavy atom. The average molecular weight is 380 g/mol. The van der Waals surface area contributed by atoms with Gasteiger partial charge >= 0.3 is 0 Å². The number of imide groups is 1. The quantitative estimate of drug-likeness (QED) is 0.755. The molecule has 2 saturated heterocycles. The second-order valence-electron chi connectivity index (χ2n) is 9.02. The fourth-order valence-corrected chi connectivity index (χ4v) is 6.19. The van der Waals surface area contributed by atoms with E-state index >= 15 is 0 Å². The predicted molar refractivity (Wildman–Crippen MR) is 104 cm³/mol. The summed E-state index contributed by atoms with van der Waals surface area (Å²) < 4.78 is 0. The highest BCUT2D eigenvalue weighted by atomic mass is 16.2. The third-order valence-electron chi connectivity index (χ3n) is 7.50. The summed E-state index contributed by atoms with van der Waals surface area (Å²) in [4.78, 5) is 43.4. The number of nitrogens with zero attached hydrogens (tertiary/aromatic N) is 2. The van der Waals surface area contributed by atoms with Gasteiger partial charge in [0, 0.05) is 19.5 Å². The van der Waals surface area contributed by atoms with Crippen molar-refractivity contribution in [2.75, 3.05) is 13.1 Å². The van der Waals surface area contributed by atoms with Crippen LogP contribution in [0.5, 0.6) is 0 Å². The van der Waals surface area contributed by atoms with E-state index in [0.29, 0.717) is 18.3 Å². The van der Waals surface area contributed by atoms with Crippen LogP contribution in [0, 0.1) is 23.7 Å². The first kappa shape index (κ1) is 17.9. The van der Waals surface area contributed by atoms with Gasteiger partial charge < -0.3 is 4.90 Å². The number of fused-ring (bicyclic) bond motifs is 5. The number of carbonyl (C=O) groups is 3. The minimum absolute atomic E-state index is 0.0439. The highest BCUT2D eigenvalue weighted by Crippen LogP contribution is 2.56. The molecule has 0 aromatic heterocycles. The molecule has 5 heteroatoms. The number of benzene rings is 1. The number of carbonyl (C=O) groups excluding carboxylic acids is 3. The predicted octanol–water partition coefficient (Wildman–Crippen LogP) is 2.64. The molecule has 0 unspecified atom stereocenters. The molecule has 2 saturated carbocycles. The van der Waals surface area contributed by atoms with Crippen molar-refractivity contribution in [2.45, 2.75) is 51.0 Å². The fraction of sp³-hybridized carbons (Fsp3) is 0.609. The van der Waals surface area contributed by atoms with E-state index in [9.17, 15) is 14.4 Å². The first-order chi connectivity index (χ1) is 13.6. The molecule has 5 rings (SSSR count). The lowest BCUT2D eigenvalue weighted by atomic mass is 9.81. The minimum atomic E-state index is -0.689. The highest BCUT2D eigenvalue weighted by molar-refractivity contribution is 6.09. The minimum Gasteiger partial charge on any atom is -0.341 e. The van der Waals surface area contributed by atoms with Crippen molar-refractivity contribution in [3.63, 3.8) is 0 Å². The van der Waals surface area contributed by atoms with Crippen molar-refractivity contribution in [1.29, 1.82) is 0 Å². The second kappa shape index (κ2) is 7.02. The standard InChI is InChI=1S/C23H28N2O3/c26-21(24-11-5-2-6-12-24)18(13-15-7-3-1-4-8-15)25-22(27)19-16-9-10-17(14-16)20(19)23(25)28/h1,3-4,7-8,16-20H,2,5-6,9-14H2/t16-,17-,18+,19-,20+/m0/s1. The summed E-state index contributed by atoms with van der Waals surface area (Å²) in [5.41, 5.74) is 0.999. The molecule has 148 valence electrons. The molecule has 0 N–H and O–H groups in total. The maximum absolute atomic E-state index is 13.5. The molecule has 2 bridgehead atoms. The summed E-state index contributed by atoms with van der Waals surface area (Å²) in [7, 11) is 0. The monoisotopic (exact) mass is 380 g/mol. The Labute approximate surface area is 166 Å². The molecule has 0 radical (unpaired) electrons. The maximum atomic E-state index is 13.5. The van der Waals surface area contributed by atoms with Gasteiger partial charge in [-0.3, -0.25) is 19.3 Å². The summed E-state index contributed by atoms with van der Waals surface area (Å²) in [5.74, 6) is 0.162. The Kier molecular flexibility index (Phi) is 4.48. The van der Waals surface area contributed by atoms with Crippen LogP contribution in [0.2, 0.25) is 0 Å². The third kappa shape index (κ3) is 2.78. The van der Waals surface area contributed by atoms with E-state index in [2.05, 4.69) is 0 Å². The van der Waals surface area contributed by atoms with Crippen LogP contribution in [0.3, 0.4) is 0 Å². The smallest absolute Gasteiger partial charge is 0.246 e. The molecule has 5 nitrogen and oxygen atoms in total. The van der Waals surface area contributed by atoms with E-state index in [-0.39, 0.29) is 29.6 Å². The van der Waals surface area contributed by atoms with Gasteiger partial charge in [-0.15, -0.1) is 0 Å². The molecule has 4 fully saturated rings. The molecule has 1 aromatic carbocycles. The zero-order chi connectivity index (χ0) is 19.3. The van der Waals surface area contributed by atoms with Gasteiger partial charge in [0.15, 0.2) is 0 Å². The van der Waals surface area contributed by atoms with E-state index in [0.717, 1.165) is 57.2 Å². The van der Waals surface area contributed by atoms with Crippen LogP contribution in [0.15, 0.2) is 30.3 Å². The Hall–Kier alpha value is -2.17. The van der Waals surface area contributed by atoms with Gasteiger partial charge in [-0.05, 0) is 55.9 Å². The zero-order valence-electron chi connectivity index (χ0n) is 16.3. The Balaban J connectivity index is 1.46. The largest absolute Gasteiger partial charge is 0.341 e. The summed E-state index contributed by atoms with van der Waals surface area (Å²) >= 11 is 0. The summed E-state index contributed by atoms with van der Waals surface area (Å²) in [6.07, 6.45) is 6.70. The van der Waals surface area contributed by atoms with Crippen LogP contribution in [0.4, 0.5) is 0 Å². The fourth-order valence-electron chi connectivity index (χ4n) is 6.19. The number of amides is 3. The molecule has 2 aliphatic heterocycles. The molecule has 4 aliphatic rings. The topological polar surface area (TPSA) is 57.7 Å². The van der Waals surface area contributed by atoms with Crippen LogP contribution >= 0.6 is 0 Å². The van der Waals surface area contributed by atoms with Crippen LogP contribution < -0.4 is 0 Å². The number of likely N-dealkylation sites (tertiary alicyclic amines) is 2. The molecule has 28 heavy (non-hydrogen) atoms. The van der Waals surface area contributed by atoms with Gasteiger partial charge in [-0.2, -0.15) is 0 Å². The first-order valence-corrected chi connectivity index (χ1v) is 10.8. The van der Waals surface area contributed by atoms with Crippen LogP contribution in [-0.4, -0.2) is 46.7 Å². The van der Waals surface area contributed by atoms with E-state index in [1.807, 2.05) is 35.2 Å². The van der Waals surface area contributed by atoms with Gasteiger partial charge in [-0.1, -0.05) is 30.3 Å². The Morgan fingerprint density at radius 1 is 0.929 bits per heavy atom. The Morgan fingerprint density at radius 2 is 1.54 bits per heavy atom. The van der Waals surface area contributed by atoms with Crippen LogP contribution in [-0.2, 0) is 20.8 Å². The molecular weight excluding hydrogens is 352 g/mol. The van der Waals surface area contributed by atoms with Gasteiger partial charge in [0.25, 0.3) is 0 Å². The second-order valence-corrected chi connectivity index (χ2v) is 9.02. The third-order valence-corrected chi connectivity index (χ3v) is 7.50. The van der Waals surface area contributed by atoms with Crippen LogP contribution in [0.1, 0.15) is 44.1 Å². The lowest BCUT2D eigenvalue weighted by molar-refractivity contribution is -0.152. The zero-order valence-corrected chi connectivity index (χ0v) is 16.3. The van der Waals surface area contributed by atoms with Crippen LogP contribution in [0.25, 0.3) is 0 Å². The normalized spacial score (nSPS) is 32.7. The summed E-state index contributed by atoms with van der Waals surface area (Å²) in [6.45, 7) is 1.47. The first-order valence-electron chi connectivity index (χ1n) is 10.8. The van der Waals surface area contributed by atoms with Gasteiger partial charge in [0.1, 0.15) is 6.04 Å². The maximum Gasteiger partial charge on any atom is 0.246 e. The molecule has 2 heterocycles. The van der Waals surface area contributed by atoms with Crippen molar-refractivity contribution in [3.05, 3.63) is 35.9 Å². The molecular formula is C23H28N2O3.